The normalized spacial score (nSPS) is 11.5. The molecule has 0 radical (unpaired) electrons. The molecule has 0 rings (SSSR count). The largest absolute Gasteiger partial charge is 1.00 e. The van der Waals surface area contributed by atoms with Gasteiger partial charge >= 0.3 is 65.3 Å². The average molecular weight is 509 g/mol. The van der Waals surface area contributed by atoms with Gasteiger partial charge in [0.2, 0.25) is 0 Å². The summed E-state index contributed by atoms with van der Waals surface area (Å²) in [5.74, 6) is 4.55. The second-order valence-electron chi connectivity index (χ2n) is 13.5. The average Bonchev–Trinajstić information content (AvgIpc) is 2.71. The van der Waals surface area contributed by atoms with Crippen LogP contribution in [0.3, 0.4) is 0 Å². The first-order chi connectivity index (χ1) is 16.0. The summed E-state index contributed by atoms with van der Waals surface area (Å²) in [6, 6.07) is 0. The van der Waals surface area contributed by atoms with Gasteiger partial charge in [0.25, 0.3) is 14.1 Å². The first-order valence-corrected chi connectivity index (χ1v) is 19.9. The second kappa shape index (κ2) is 27.1. The van der Waals surface area contributed by atoms with Gasteiger partial charge in [-0.2, -0.15) is 0 Å². The summed E-state index contributed by atoms with van der Waals surface area (Å²) in [7, 11) is 0. The molecule has 0 aliphatic carbocycles. The molecule has 0 atom stereocenters. The molecule has 0 spiro atoms. The fourth-order valence-corrected chi connectivity index (χ4v) is 9.67. The third-order valence-electron chi connectivity index (χ3n) is 6.96. The standard InChI is InChI=1S/3C8H17.2C4H9.2Al.H/c3*1-4-5-6-7-8(2)3;2*1-4(2)3;;;/h3*8H,1,4-7H2,2-3H3;2*4H,1H2,2-3H3;;;/q;;;;;;+1;-1. The third kappa shape index (κ3) is 35.2. The quantitative estimate of drug-likeness (QED) is 0.101. The van der Waals surface area contributed by atoms with Crippen molar-refractivity contribution in [2.45, 2.75) is 173 Å². The molecule has 0 saturated heterocycles. The summed E-state index contributed by atoms with van der Waals surface area (Å²) in [6.45, 7) is 23.5. The Bertz CT molecular complexity index is 329. The van der Waals surface area contributed by atoms with E-state index in [0.717, 1.165) is 44.8 Å². The van der Waals surface area contributed by atoms with E-state index in [1.165, 1.54) is 68.4 Å². The minimum absolute atomic E-state index is 0. The number of hydrogen-bond acceptors (Lipinski definition) is 0. The Labute approximate surface area is 232 Å². The molecule has 0 unspecified atom stereocenters. The monoisotopic (exact) mass is 509 g/mol. The van der Waals surface area contributed by atoms with Gasteiger partial charge in [-0.1, -0.05) is 134 Å². The van der Waals surface area contributed by atoms with E-state index in [2.05, 4.69) is 69.2 Å². The molecule has 34 heavy (non-hydrogen) atoms. The summed E-state index contributed by atoms with van der Waals surface area (Å²) < 4.78 is 0. The van der Waals surface area contributed by atoms with Crippen LogP contribution in [0.25, 0.3) is 0 Å². The second-order valence-corrected chi connectivity index (χ2v) is 18.5. The zero-order valence-electron chi connectivity index (χ0n) is 27.1. The van der Waals surface area contributed by atoms with E-state index in [9.17, 15) is 0 Å². The number of rotatable bonds is 22. The Morgan fingerprint density at radius 3 is 0.941 bits per heavy atom. The van der Waals surface area contributed by atoms with E-state index in [4.69, 9.17) is 0 Å². The van der Waals surface area contributed by atoms with Crippen LogP contribution in [0.2, 0.25) is 26.4 Å². The molecule has 0 aliphatic rings. The Kier molecular flexibility index (Phi) is 29.7. The summed E-state index contributed by atoms with van der Waals surface area (Å²) in [4.78, 5) is 0. The van der Waals surface area contributed by atoms with E-state index in [1.807, 2.05) is 0 Å². The van der Waals surface area contributed by atoms with Crippen LogP contribution < -0.4 is 0 Å². The molecular weight excluding hydrogens is 438 g/mol. The molecule has 0 bridgehead atoms. The van der Waals surface area contributed by atoms with Gasteiger partial charge in [-0.15, -0.1) is 0 Å². The van der Waals surface area contributed by atoms with Crippen LogP contribution in [0.4, 0.5) is 0 Å². The molecule has 0 heterocycles. The smallest absolute Gasteiger partial charge is 1.00 e. The van der Waals surface area contributed by atoms with E-state index < -0.39 is 14.1 Å². The maximum atomic E-state index is 2.37. The zero-order valence-corrected chi connectivity index (χ0v) is 28.4. The van der Waals surface area contributed by atoms with E-state index in [1.54, 1.807) is 35.1 Å². The minimum Gasteiger partial charge on any atom is -1.00 e. The van der Waals surface area contributed by atoms with Gasteiger partial charge in [-0.3, -0.25) is 0 Å². The van der Waals surface area contributed by atoms with E-state index in [0.29, 0.717) is 0 Å². The van der Waals surface area contributed by atoms with Crippen LogP contribution >= 0.6 is 0 Å². The molecule has 0 aliphatic heterocycles. The first-order valence-electron chi connectivity index (χ1n) is 15.9. The van der Waals surface area contributed by atoms with Crippen LogP contribution in [-0.4, -0.2) is 29.4 Å². The SMILES string of the molecule is CC(C)CCCC[CH2][Al]([CH2]CCCCC(C)C)[CH2]CCCCC(C)C.CC(C)[CH2][Al+][CH2]C(C)C.[H-]. The molecule has 0 saturated carbocycles. The van der Waals surface area contributed by atoms with Crippen molar-refractivity contribution in [2.75, 3.05) is 0 Å². The van der Waals surface area contributed by atoms with Crippen molar-refractivity contribution in [3.8, 4) is 0 Å². The van der Waals surface area contributed by atoms with Crippen molar-refractivity contribution in [2.24, 2.45) is 29.6 Å². The van der Waals surface area contributed by atoms with Crippen LogP contribution in [0, 0.1) is 29.6 Å². The van der Waals surface area contributed by atoms with Gasteiger partial charge in [0.15, 0.2) is 0 Å². The van der Waals surface area contributed by atoms with E-state index in [-0.39, 0.29) is 1.43 Å². The van der Waals surface area contributed by atoms with Crippen LogP contribution in [0.1, 0.15) is 148 Å². The van der Waals surface area contributed by atoms with Gasteiger partial charge in [0.1, 0.15) is 0 Å². The molecule has 0 aromatic carbocycles. The Hall–Kier alpha value is 1.06. The molecule has 204 valence electrons. The Balaban J connectivity index is -0.000000866. The maximum absolute atomic E-state index is 2.37. The molecule has 0 N–H and O–H groups in total. The summed E-state index contributed by atoms with van der Waals surface area (Å²) in [6.07, 6.45) is 17.9. The fraction of sp³-hybridized carbons (Fsp3) is 1.00. The zero-order chi connectivity index (χ0) is 26.2. The molecule has 0 amide bonds. The van der Waals surface area contributed by atoms with Gasteiger partial charge in [-0.25, -0.2) is 0 Å². The van der Waals surface area contributed by atoms with Crippen molar-refractivity contribution in [3.63, 3.8) is 0 Å². The van der Waals surface area contributed by atoms with Crippen LogP contribution in [0.15, 0.2) is 0 Å². The van der Waals surface area contributed by atoms with Gasteiger partial charge in [-0.05, 0) is 17.8 Å². The van der Waals surface area contributed by atoms with Crippen molar-refractivity contribution in [1.82, 2.24) is 0 Å². The third-order valence-corrected chi connectivity index (χ3v) is 13.2. The fourth-order valence-electron chi connectivity index (χ4n) is 4.68. The molecule has 0 aromatic rings. The molecule has 0 aromatic heterocycles. The topological polar surface area (TPSA) is 0 Å². The van der Waals surface area contributed by atoms with Gasteiger partial charge in [0, 0.05) is 0 Å². The van der Waals surface area contributed by atoms with Gasteiger partial charge in [0.05, 0.1) is 0 Å². The molecule has 2 heteroatoms. The predicted octanol–water partition coefficient (Wildman–Crippen LogP) is 12.1. The van der Waals surface area contributed by atoms with Crippen LogP contribution in [-0.2, 0) is 0 Å². The van der Waals surface area contributed by atoms with Crippen molar-refractivity contribution in [1.29, 1.82) is 0 Å². The summed E-state index contributed by atoms with van der Waals surface area (Å²) >= 11 is 0.319. The van der Waals surface area contributed by atoms with E-state index >= 15 is 0 Å². The summed E-state index contributed by atoms with van der Waals surface area (Å²) in [5, 5.41) is 7.90. The van der Waals surface area contributed by atoms with Gasteiger partial charge < -0.3 is 1.43 Å². The number of unbranched alkanes of at least 4 members (excludes halogenated alkanes) is 6. The minimum atomic E-state index is -0.435. The van der Waals surface area contributed by atoms with Crippen molar-refractivity contribution < 1.29 is 1.43 Å². The molecule has 0 fully saturated rings. The summed E-state index contributed by atoms with van der Waals surface area (Å²) in [5.41, 5.74) is 0. The maximum Gasteiger partial charge on any atom is -1.00 e. The van der Waals surface area contributed by atoms with Crippen molar-refractivity contribution >= 4 is 29.4 Å². The first kappa shape index (κ1) is 37.2. The predicted molar refractivity (Wildman–Crippen MR) is 166 cm³/mol. The van der Waals surface area contributed by atoms with Crippen LogP contribution in [0.5, 0.6) is 0 Å². The Morgan fingerprint density at radius 1 is 0.412 bits per heavy atom. The van der Waals surface area contributed by atoms with Crippen molar-refractivity contribution in [3.05, 3.63) is 0 Å². The number of hydrogen-bond donors (Lipinski definition) is 0. The Morgan fingerprint density at radius 2 is 0.706 bits per heavy atom. The molecule has 0 nitrogen and oxygen atoms in total. The molecular formula is C32H70Al2.